The van der Waals surface area contributed by atoms with E-state index in [0.717, 1.165) is 10.5 Å². The molecule has 2 amide bonds. The Morgan fingerprint density at radius 3 is 2.02 bits per heavy atom. The van der Waals surface area contributed by atoms with Crippen molar-refractivity contribution >= 4 is 40.8 Å². The monoisotopic (exact) mass is 596 g/mol. The lowest BCUT2D eigenvalue weighted by atomic mass is 9.78. The van der Waals surface area contributed by atoms with Gasteiger partial charge in [-0.15, -0.1) is 0 Å². The van der Waals surface area contributed by atoms with E-state index in [4.69, 9.17) is 25.8 Å². The Morgan fingerprint density at radius 2 is 1.40 bits per heavy atom. The number of hydrogen-bond donors (Lipinski definition) is 1. The Kier molecular flexibility index (Phi) is 8.23. The van der Waals surface area contributed by atoms with E-state index in [0.29, 0.717) is 28.5 Å². The topological polar surface area (TPSA) is 94.2 Å². The van der Waals surface area contributed by atoms with Crippen LogP contribution in [0.3, 0.4) is 0 Å². The number of halogens is 1. The number of esters is 1. The average molecular weight is 597 g/mol. The van der Waals surface area contributed by atoms with Crippen LogP contribution < -0.4 is 24.4 Å². The number of carbonyl (C=O) groups is 3. The first-order valence-corrected chi connectivity index (χ1v) is 13.8. The molecule has 0 radical (unpaired) electrons. The third-order valence-corrected chi connectivity index (χ3v) is 7.68. The van der Waals surface area contributed by atoms with Gasteiger partial charge in [0, 0.05) is 17.2 Å². The van der Waals surface area contributed by atoms with Gasteiger partial charge in [-0.1, -0.05) is 67.9 Å². The quantitative estimate of drug-likeness (QED) is 0.131. The molecule has 0 fully saturated rings. The summed E-state index contributed by atoms with van der Waals surface area (Å²) in [6, 6.07) is 28.7. The van der Waals surface area contributed by atoms with E-state index < -0.39 is 17.8 Å². The summed E-state index contributed by atoms with van der Waals surface area (Å²) in [6.45, 7) is 4.29. The Hall–Kier alpha value is -5.08. The van der Waals surface area contributed by atoms with Crippen LogP contribution in [0.5, 0.6) is 17.2 Å². The van der Waals surface area contributed by atoms with E-state index in [-0.39, 0.29) is 21.8 Å². The molecule has 43 heavy (non-hydrogen) atoms. The van der Waals surface area contributed by atoms with Crippen LogP contribution in [0.4, 0.5) is 11.4 Å². The van der Waals surface area contributed by atoms with Crippen LogP contribution in [0.15, 0.2) is 108 Å². The van der Waals surface area contributed by atoms with Crippen molar-refractivity contribution < 1.29 is 28.6 Å². The number of nitrogens with one attached hydrogen (secondary N) is 1. The molecule has 0 aliphatic carbocycles. The molecule has 1 N–H and O–H groups in total. The second-order valence-electron chi connectivity index (χ2n) is 10.3. The van der Waals surface area contributed by atoms with Crippen molar-refractivity contribution in [3.63, 3.8) is 0 Å². The lowest BCUT2D eigenvalue weighted by molar-refractivity contribution is -0.120. The molecule has 9 heteroatoms. The molecular formula is C34H29ClN2O6. The SMILES string of the molecule is COc1ccc(OC)c(N2C(=O)C(Cl)=C(Nc3ccc(C(=O)Oc4ccc(C(C)(C)c5ccccc5)cc4)cc3)C2=O)c1. The van der Waals surface area contributed by atoms with Crippen LogP contribution in [-0.2, 0) is 15.0 Å². The highest BCUT2D eigenvalue weighted by atomic mass is 35.5. The number of methoxy groups -OCH3 is 2. The average Bonchev–Trinajstić information content (AvgIpc) is 3.24. The summed E-state index contributed by atoms with van der Waals surface area (Å²) in [5, 5.41) is 2.62. The maximum Gasteiger partial charge on any atom is 0.343 e. The molecule has 0 bridgehead atoms. The van der Waals surface area contributed by atoms with Gasteiger partial charge in [-0.25, -0.2) is 9.69 Å². The minimum Gasteiger partial charge on any atom is -0.497 e. The maximum atomic E-state index is 13.3. The summed E-state index contributed by atoms with van der Waals surface area (Å²) in [7, 11) is 2.90. The van der Waals surface area contributed by atoms with Gasteiger partial charge in [0.05, 0.1) is 25.5 Å². The zero-order valence-corrected chi connectivity index (χ0v) is 24.8. The van der Waals surface area contributed by atoms with Crippen LogP contribution >= 0.6 is 11.6 Å². The molecule has 1 heterocycles. The van der Waals surface area contributed by atoms with Crippen molar-refractivity contribution in [2.45, 2.75) is 19.3 Å². The number of hydrogen-bond acceptors (Lipinski definition) is 7. The van der Waals surface area contributed by atoms with E-state index in [1.165, 1.54) is 25.8 Å². The molecule has 4 aromatic rings. The number of imide groups is 1. The van der Waals surface area contributed by atoms with Crippen LogP contribution in [0.25, 0.3) is 0 Å². The third-order valence-electron chi connectivity index (χ3n) is 7.33. The van der Waals surface area contributed by atoms with Crippen LogP contribution in [0.2, 0.25) is 0 Å². The predicted octanol–water partition coefficient (Wildman–Crippen LogP) is 6.68. The smallest absolute Gasteiger partial charge is 0.343 e. The van der Waals surface area contributed by atoms with Gasteiger partial charge < -0.3 is 19.5 Å². The van der Waals surface area contributed by atoms with Gasteiger partial charge in [-0.2, -0.15) is 0 Å². The molecule has 0 saturated heterocycles. The van der Waals surface area contributed by atoms with Crippen molar-refractivity contribution in [2.24, 2.45) is 0 Å². The Balaban J connectivity index is 1.26. The second kappa shape index (κ2) is 12.0. The fourth-order valence-corrected chi connectivity index (χ4v) is 4.98. The summed E-state index contributed by atoms with van der Waals surface area (Å²) in [5.74, 6) is -0.765. The number of nitrogens with zero attached hydrogens (tertiary/aromatic N) is 1. The largest absolute Gasteiger partial charge is 0.497 e. The van der Waals surface area contributed by atoms with E-state index >= 15 is 0 Å². The molecule has 0 spiro atoms. The fourth-order valence-electron chi connectivity index (χ4n) is 4.76. The number of benzene rings is 4. The minimum atomic E-state index is -0.709. The molecule has 4 aromatic carbocycles. The van der Waals surface area contributed by atoms with Gasteiger partial charge in [0.1, 0.15) is 28.0 Å². The first kappa shape index (κ1) is 29.4. The van der Waals surface area contributed by atoms with Gasteiger partial charge in [0.15, 0.2) is 0 Å². The van der Waals surface area contributed by atoms with Gasteiger partial charge >= 0.3 is 5.97 Å². The molecule has 5 rings (SSSR count). The number of anilines is 2. The molecule has 0 aromatic heterocycles. The minimum absolute atomic E-state index is 0.106. The molecule has 0 atom stereocenters. The van der Waals surface area contributed by atoms with E-state index in [1.807, 2.05) is 30.3 Å². The zero-order valence-electron chi connectivity index (χ0n) is 24.0. The summed E-state index contributed by atoms with van der Waals surface area (Å²) < 4.78 is 16.1. The summed E-state index contributed by atoms with van der Waals surface area (Å²) in [5.41, 5.74) is 2.89. The third kappa shape index (κ3) is 5.82. The summed E-state index contributed by atoms with van der Waals surface area (Å²) in [4.78, 5) is 40.0. The van der Waals surface area contributed by atoms with Crippen molar-refractivity contribution in [2.75, 3.05) is 24.4 Å². The highest BCUT2D eigenvalue weighted by Gasteiger charge is 2.40. The first-order chi connectivity index (χ1) is 20.6. The number of rotatable bonds is 9. The van der Waals surface area contributed by atoms with E-state index in [2.05, 4.69) is 31.3 Å². The number of carbonyl (C=O) groups excluding carboxylic acids is 3. The standard InChI is InChI=1S/C34H29ClN2O6/c1-34(2,22-8-6-5-7-9-22)23-12-16-25(17-13-23)43-33(40)21-10-14-24(15-11-21)36-30-29(35)31(38)37(32(30)39)27-20-26(41-3)18-19-28(27)42-4/h5-20,36H,1-4H3. The molecule has 0 saturated carbocycles. The van der Waals surface area contributed by atoms with Gasteiger partial charge in [0.2, 0.25) is 0 Å². The number of ether oxygens (including phenoxy) is 3. The molecule has 1 aliphatic heterocycles. The normalized spacial score (nSPS) is 13.3. The van der Waals surface area contributed by atoms with Crippen molar-refractivity contribution in [3.05, 3.63) is 124 Å². The Labute approximate surface area is 254 Å². The molecular weight excluding hydrogens is 568 g/mol. The van der Waals surface area contributed by atoms with Gasteiger partial charge in [0.25, 0.3) is 11.8 Å². The van der Waals surface area contributed by atoms with E-state index in [9.17, 15) is 14.4 Å². The van der Waals surface area contributed by atoms with Gasteiger partial charge in [-0.05, 0) is 59.7 Å². The zero-order chi connectivity index (χ0) is 30.7. The number of amides is 2. The van der Waals surface area contributed by atoms with Gasteiger partial charge in [-0.3, -0.25) is 9.59 Å². The lowest BCUT2D eigenvalue weighted by Gasteiger charge is -2.26. The molecule has 0 unspecified atom stereocenters. The first-order valence-electron chi connectivity index (χ1n) is 13.4. The van der Waals surface area contributed by atoms with Crippen molar-refractivity contribution in [3.8, 4) is 17.2 Å². The van der Waals surface area contributed by atoms with Crippen LogP contribution in [-0.4, -0.2) is 32.0 Å². The lowest BCUT2D eigenvalue weighted by Crippen LogP contribution is -2.32. The Bertz CT molecular complexity index is 1710. The second-order valence-corrected chi connectivity index (χ2v) is 10.7. The van der Waals surface area contributed by atoms with Crippen molar-refractivity contribution in [1.82, 2.24) is 0 Å². The highest BCUT2D eigenvalue weighted by molar-refractivity contribution is 6.53. The molecule has 1 aliphatic rings. The fraction of sp³-hybridized carbons (Fsp3) is 0.147. The maximum absolute atomic E-state index is 13.3. The summed E-state index contributed by atoms with van der Waals surface area (Å²) >= 11 is 6.29. The van der Waals surface area contributed by atoms with E-state index in [1.54, 1.807) is 48.5 Å². The van der Waals surface area contributed by atoms with Crippen LogP contribution in [0.1, 0.15) is 35.3 Å². The van der Waals surface area contributed by atoms with Crippen LogP contribution in [0, 0.1) is 0 Å². The molecule has 218 valence electrons. The predicted molar refractivity (Wildman–Crippen MR) is 165 cm³/mol. The van der Waals surface area contributed by atoms with Crippen molar-refractivity contribution in [1.29, 1.82) is 0 Å². The summed E-state index contributed by atoms with van der Waals surface area (Å²) in [6.07, 6.45) is 0. The Morgan fingerprint density at radius 1 is 0.767 bits per heavy atom. The molecule has 8 nitrogen and oxygen atoms in total. The highest BCUT2D eigenvalue weighted by Crippen LogP contribution is 2.38.